The first-order valence-corrected chi connectivity index (χ1v) is 6.93. The van der Waals surface area contributed by atoms with Crippen LogP contribution in [0.4, 0.5) is 5.13 Å². The Hall–Kier alpha value is -1.47. The smallest absolute Gasteiger partial charge is 0.231 e. The molecule has 0 aliphatic rings. The first kappa shape index (κ1) is 15.6. The monoisotopic (exact) mass is 284 g/mol. The van der Waals surface area contributed by atoms with E-state index in [-0.39, 0.29) is 18.2 Å². The van der Waals surface area contributed by atoms with Crippen molar-refractivity contribution in [3.63, 3.8) is 0 Å². The molecular weight excluding hydrogens is 264 g/mol. The average Bonchev–Trinajstić information content (AvgIpc) is 2.72. The van der Waals surface area contributed by atoms with Gasteiger partial charge in [-0.1, -0.05) is 20.8 Å². The van der Waals surface area contributed by atoms with Gasteiger partial charge in [0.15, 0.2) is 5.13 Å². The highest BCUT2D eigenvalue weighted by molar-refractivity contribution is 7.13. The van der Waals surface area contributed by atoms with Crippen LogP contribution in [0.25, 0.3) is 0 Å². The molecule has 0 aromatic carbocycles. The second-order valence-electron chi connectivity index (χ2n) is 5.16. The third-order valence-electron chi connectivity index (χ3n) is 2.26. The third-order valence-corrected chi connectivity index (χ3v) is 3.07. The van der Waals surface area contributed by atoms with Crippen molar-refractivity contribution in [3.05, 3.63) is 11.1 Å². The molecule has 0 unspecified atom stereocenters. The standard InChI is InChI=1S/C12H20N4O2S/c1-12(2,3)10(18)16-11-15-8(7-19-11)6-9(17)14-5-4-13/h7H,4-6,13H2,1-3H3,(H,14,17)(H,15,16,18). The normalized spacial score (nSPS) is 11.2. The maximum absolute atomic E-state index is 11.8. The maximum Gasteiger partial charge on any atom is 0.231 e. The van der Waals surface area contributed by atoms with Gasteiger partial charge in [-0.3, -0.25) is 9.59 Å². The number of thiazole rings is 1. The number of nitrogens with two attached hydrogens (primary N) is 1. The van der Waals surface area contributed by atoms with Crippen LogP contribution in [0, 0.1) is 5.41 Å². The predicted octanol–water partition coefficient (Wildman–Crippen LogP) is 0.745. The highest BCUT2D eigenvalue weighted by atomic mass is 32.1. The summed E-state index contributed by atoms with van der Waals surface area (Å²) in [5.74, 6) is -0.217. The van der Waals surface area contributed by atoms with Gasteiger partial charge in [0.05, 0.1) is 12.1 Å². The Morgan fingerprint density at radius 1 is 1.42 bits per heavy atom. The number of carbonyl (C=O) groups is 2. The molecule has 0 atom stereocenters. The molecule has 0 aliphatic carbocycles. The van der Waals surface area contributed by atoms with Crippen LogP contribution in [-0.4, -0.2) is 29.9 Å². The highest BCUT2D eigenvalue weighted by Gasteiger charge is 2.22. The van der Waals surface area contributed by atoms with Crippen molar-refractivity contribution >= 4 is 28.3 Å². The third kappa shape index (κ3) is 5.35. The van der Waals surface area contributed by atoms with Gasteiger partial charge in [-0.2, -0.15) is 0 Å². The molecule has 0 saturated heterocycles. The number of rotatable bonds is 5. The maximum atomic E-state index is 11.8. The zero-order valence-corrected chi connectivity index (χ0v) is 12.3. The van der Waals surface area contributed by atoms with Gasteiger partial charge in [0.2, 0.25) is 11.8 Å². The lowest BCUT2D eigenvalue weighted by Crippen LogP contribution is -2.30. The van der Waals surface area contributed by atoms with Crippen LogP contribution in [0.5, 0.6) is 0 Å². The molecular formula is C12H20N4O2S. The van der Waals surface area contributed by atoms with Gasteiger partial charge in [0.1, 0.15) is 0 Å². The minimum Gasteiger partial charge on any atom is -0.354 e. The average molecular weight is 284 g/mol. The van der Waals surface area contributed by atoms with E-state index in [1.165, 1.54) is 11.3 Å². The molecule has 0 aliphatic heterocycles. The number of nitrogens with zero attached hydrogens (tertiary/aromatic N) is 1. The Bertz CT molecular complexity index is 451. The van der Waals surface area contributed by atoms with Crippen LogP contribution in [0.15, 0.2) is 5.38 Å². The summed E-state index contributed by atoms with van der Waals surface area (Å²) in [4.78, 5) is 27.4. The van der Waals surface area contributed by atoms with Crippen LogP contribution in [0.1, 0.15) is 26.5 Å². The first-order chi connectivity index (χ1) is 8.82. The Morgan fingerprint density at radius 2 is 2.11 bits per heavy atom. The lowest BCUT2D eigenvalue weighted by molar-refractivity contribution is -0.123. The minimum atomic E-state index is -0.468. The van der Waals surface area contributed by atoms with E-state index in [4.69, 9.17) is 5.73 Å². The predicted molar refractivity (Wildman–Crippen MR) is 76.0 cm³/mol. The molecule has 0 bridgehead atoms. The van der Waals surface area contributed by atoms with Crippen molar-refractivity contribution < 1.29 is 9.59 Å². The number of hydrogen-bond donors (Lipinski definition) is 3. The van der Waals surface area contributed by atoms with Gasteiger partial charge in [-0.15, -0.1) is 11.3 Å². The Balaban J connectivity index is 2.53. The molecule has 0 fully saturated rings. The number of nitrogens with one attached hydrogen (secondary N) is 2. The SMILES string of the molecule is CC(C)(C)C(=O)Nc1nc(CC(=O)NCCN)cs1. The second kappa shape index (κ2) is 6.63. The fraction of sp³-hybridized carbons (Fsp3) is 0.583. The summed E-state index contributed by atoms with van der Waals surface area (Å²) in [6, 6.07) is 0. The number of hydrogen-bond acceptors (Lipinski definition) is 5. The van der Waals surface area contributed by atoms with Gasteiger partial charge in [0.25, 0.3) is 0 Å². The number of anilines is 1. The lowest BCUT2D eigenvalue weighted by atomic mass is 9.96. The van der Waals surface area contributed by atoms with E-state index in [2.05, 4.69) is 15.6 Å². The molecule has 0 radical (unpaired) electrons. The first-order valence-electron chi connectivity index (χ1n) is 6.05. The Kier molecular flexibility index (Phi) is 5.44. The minimum absolute atomic E-state index is 0.0963. The molecule has 4 N–H and O–H groups in total. The molecule has 106 valence electrons. The van der Waals surface area contributed by atoms with Gasteiger partial charge in [-0.25, -0.2) is 4.98 Å². The summed E-state index contributed by atoms with van der Waals surface area (Å²) in [6.45, 7) is 6.36. The topological polar surface area (TPSA) is 97.1 Å². The molecule has 19 heavy (non-hydrogen) atoms. The summed E-state index contributed by atoms with van der Waals surface area (Å²) in [7, 11) is 0. The molecule has 1 rings (SSSR count). The van der Waals surface area contributed by atoms with Crippen LogP contribution in [-0.2, 0) is 16.0 Å². The van der Waals surface area contributed by atoms with Gasteiger partial charge in [-0.05, 0) is 0 Å². The number of carbonyl (C=O) groups excluding carboxylic acids is 2. The molecule has 1 heterocycles. The lowest BCUT2D eigenvalue weighted by Gasteiger charge is -2.15. The summed E-state index contributed by atoms with van der Waals surface area (Å²) >= 11 is 1.31. The van der Waals surface area contributed by atoms with Crippen LogP contribution < -0.4 is 16.4 Å². The summed E-state index contributed by atoms with van der Waals surface area (Å²) < 4.78 is 0. The zero-order chi connectivity index (χ0) is 14.5. The molecule has 0 spiro atoms. The van der Waals surface area contributed by atoms with Crippen molar-refractivity contribution in [1.82, 2.24) is 10.3 Å². The van der Waals surface area contributed by atoms with E-state index in [9.17, 15) is 9.59 Å². The van der Waals surface area contributed by atoms with E-state index < -0.39 is 5.41 Å². The van der Waals surface area contributed by atoms with E-state index in [1.807, 2.05) is 20.8 Å². The van der Waals surface area contributed by atoms with E-state index in [0.29, 0.717) is 23.9 Å². The second-order valence-corrected chi connectivity index (χ2v) is 6.02. The van der Waals surface area contributed by atoms with E-state index in [0.717, 1.165) is 0 Å². The number of amides is 2. The molecule has 7 heteroatoms. The van der Waals surface area contributed by atoms with Crippen molar-refractivity contribution in [2.45, 2.75) is 27.2 Å². The quantitative estimate of drug-likeness (QED) is 0.743. The van der Waals surface area contributed by atoms with Crippen LogP contribution in [0.3, 0.4) is 0 Å². The van der Waals surface area contributed by atoms with Crippen molar-refractivity contribution in [3.8, 4) is 0 Å². The van der Waals surface area contributed by atoms with Crippen molar-refractivity contribution in [2.75, 3.05) is 18.4 Å². The highest BCUT2D eigenvalue weighted by Crippen LogP contribution is 2.20. The van der Waals surface area contributed by atoms with Gasteiger partial charge in [0, 0.05) is 23.9 Å². The molecule has 1 aromatic rings. The van der Waals surface area contributed by atoms with Crippen molar-refractivity contribution in [1.29, 1.82) is 0 Å². The molecule has 6 nitrogen and oxygen atoms in total. The number of aromatic nitrogens is 1. The summed E-state index contributed by atoms with van der Waals surface area (Å²) in [5.41, 5.74) is 5.47. The molecule has 1 aromatic heterocycles. The largest absolute Gasteiger partial charge is 0.354 e. The Morgan fingerprint density at radius 3 is 2.68 bits per heavy atom. The van der Waals surface area contributed by atoms with E-state index >= 15 is 0 Å². The van der Waals surface area contributed by atoms with Crippen LogP contribution >= 0.6 is 11.3 Å². The summed E-state index contributed by atoms with van der Waals surface area (Å²) in [6.07, 6.45) is 0.196. The van der Waals surface area contributed by atoms with E-state index in [1.54, 1.807) is 5.38 Å². The Labute approximate surface area is 116 Å². The zero-order valence-electron chi connectivity index (χ0n) is 11.4. The molecule has 0 saturated carbocycles. The van der Waals surface area contributed by atoms with Gasteiger partial charge < -0.3 is 16.4 Å². The fourth-order valence-electron chi connectivity index (χ4n) is 1.17. The fourth-order valence-corrected chi connectivity index (χ4v) is 1.87. The van der Waals surface area contributed by atoms with Crippen LogP contribution in [0.2, 0.25) is 0 Å². The summed E-state index contributed by atoms with van der Waals surface area (Å²) in [5, 5.41) is 7.68. The van der Waals surface area contributed by atoms with Gasteiger partial charge >= 0.3 is 0 Å². The van der Waals surface area contributed by atoms with Crippen molar-refractivity contribution in [2.24, 2.45) is 11.1 Å². The molecule has 2 amide bonds.